The molecule has 0 saturated carbocycles. The molecule has 1 aromatic rings. The molecular weight excluding hydrogens is 336 g/mol. The standard InChI is InChI=1S/C15H21BrN2O3/c1-5-10-8-11(16)6-7-12(10)17-14(21)18(9-13(19)20)15(2,3)4/h6-8H,5,9H2,1-4H3,(H,17,21)(H,19,20). The van der Waals surface area contributed by atoms with Crippen LogP contribution < -0.4 is 5.32 Å². The molecule has 1 aromatic carbocycles. The van der Waals surface area contributed by atoms with Gasteiger partial charge in [0.15, 0.2) is 0 Å². The number of nitrogens with one attached hydrogen (secondary N) is 1. The van der Waals surface area contributed by atoms with Gasteiger partial charge in [-0.2, -0.15) is 0 Å². The largest absolute Gasteiger partial charge is 0.480 e. The second-order valence-corrected chi connectivity index (χ2v) is 6.65. The average Bonchev–Trinajstić information content (AvgIpc) is 2.36. The van der Waals surface area contributed by atoms with E-state index in [1.807, 2.05) is 25.1 Å². The summed E-state index contributed by atoms with van der Waals surface area (Å²) in [6.07, 6.45) is 0.767. The van der Waals surface area contributed by atoms with Gasteiger partial charge in [-0.1, -0.05) is 22.9 Å². The smallest absolute Gasteiger partial charge is 0.323 e. The van der Waals surface area contributed by atoms with Crippen molar-refractivity contribution >= 4 is 33.6 Å². The molecule has 116 valence electrons. The molecule has 2 amide bonds. The molecule has 0 aliphatic rings. The average molecular weight is 357 g/mol. The SMILES string of the molecule is CCc1cc(Br)ccc1NC(=O)N(CC(=O)O)C(C)(C)C. The number of carbonyl (C=O) groups is 2. The molecule has 0 spiro atoms. The van der Waals surface area contributed by atoms with Crippen molar-refractivity contribution in [3.63, 3.8) is 0 Å². The first-order chi connectivity index (χ1) is 9.65. The van der Waals surface area contributed by atoms with E-state index in [0.717, 1.165) is 16.5 Å². The number of nitrogens with zero attached hydrogens (tertiary/aromatic N) is 1. The van der Waals surface area contributed by atoms with Gasteiger partial charge >= 0.3 is 12.0 Å². The third-order valence-electron chi connectivity index (χ3n) is 3.04. The third kappa shape index (κ3) is 5.04. The molecule has 0 atom stereocenters. The number of hydrogen-bond acceptors (Lipinski definition) is 2. The zero-order chi connectivity index (χ0) is 16.2. The molecule has 0 saturated heterocycles. The van der Waals surface area contributed by atoms with Crippen LogP contribution in [0.25, 0.3) is 0 Å². The van der Waals surface area contributed by atoms with E-state index in [1.54, 1.807) is 20.8 Å². The molecule has 0 aliphatic heterocycles. The Morgan fingerprint density at radius 1 is 1.33 bits per heavy atom. The van der Waals surface area contributed by atoms with E-state index >= 15 is 0 Å². The van der Waals surface area contributed by atoms with E-state index < -0.39 is 17.5 Å². The van der Waals surface area contributed by atoms with Gasteiger partial charge in [-0.05, 0) is 51.0 Å². The van der Waals surface area contributed by atoms with Gasteiger partial charge < -0.3 is 15.3 Å². The van der Waals surface area contributed by atoms with Crippen molar-refractivity contribution in [1.82, 2.24) is 4.90 Å². The van der Waals surface area contributed by atoms with E-state index in [2.05, 4.69) is 21.2 Å². The molecule has 6 heteroatoms. The maximum atomic E-state index is 12.4. The van der Waals surface area contributed by atoms with Crippen LogP contribution in [-0.4, -0.2) is 34.1 Å². The van der Waals surface area contributed by atoms with Crippen LogP contribution in [0, 0.1) is 0 Å². The second-order valence-electron chi connectivity index (χ2n) is 5.74. The molecular formula is C15H21BrN2O3. The summed E-state index contributed by atoms with van der Waals surface area (Å²) in [4.78, 5) is 24.6. The monoisotopic (exact) mass is 356 g/mol. The molecule has 2 N–H and O–H groups in total. The number of anilines is 1. The molecule has 0 aromatic heterocycles. The van der Waals surface area contributed by atoms with Crippen LogP contribution in [0.15, 0.2) is 22.7 Å². The minimum absolute atomic E-state index is 0.340. The fourth-order valence-electron chi connectivity index (χ4n) is 1.91. The lowest BCUT2D eigenvalue weighted by Crippen LogP contribution is -2.50. The lowest BCUT2D eigenvalue weighted by atomic mass is 10.1. The number of carboxylic acid groups (broad SMARTS) is 1. The minimum atomic E-state index is -1.04. The van der Waals surface area contributed by atoms with Gasteiger partial charge in [-0.15, -0.1) is 0 Å². The Morgan fingerprint density at radius 2 is 1.95 bits per heavy atom. The zero-order valence-corrected chi connectivity index (χ0v) is 14.3. The van der Waals surface area contributed by atoms with Crippen molar-refractivity contribution < 1.29 is 14.7 Å². The highest BCUT2D eigenvalue weighted by atomic mass is 79.9. The minimum Gasteiger partial charge on any atom is -0.480 e. The molecule has 5 nitrogen and oxygen atoms in total. The first kappa shape index (κ1) is 17.5. The Hall–Kier alpha value is -1.56. The number of rotatable bonds is 4. The number of hydrogen-bond donors (Lipinski definition) is 2. The van der Waals surface area contributed by atoms with Crippen molar-refractivity contribution in [2.75, 3.05) is 11.9 Å². The zero-order valence-electron chi connectivity index (χ0n) is 12.7. The van der Waals surface area contributed by atoms with Crippen LogP contribution in [0.5, 0.6) is 0 Å². The first-order valence-electron chi connectivity index (χ1n) is 6.74. The summed E-state index contributed by atoms with van der Waals surface area (Å²) >= 11 is 3.40. The van der Waals surface area contributed by atoms with Gasteiger partial charge in [0, 0.05) is 15.7 Å². The van der Waals surface area contributed by atoms with E-state index in [1.165, 1.54) is 4.90 Å². The van der Waals surface area contributed by atoms with Gasteiger partial charge in [0.2, 0.25) is 0 Å². The van der Waals surface area contributed by atoms with Crippen molar-refractivity contribution in [1.29, 1.82) is 0 Å². The number of halogens is 1. The Kier molecular flexibility index (Phi) is 5.78. The lowest BCUT2D eigenvalue weighted by Gasteiger charge is -2.34. The number of carbonyl (C=O) groups excluding carboxylic acids is 1. The molecule has 1 rings (SSSR count). The maximum Gasteiger partial charge on any atom is 0.323 e. The van der Waals surface area contributed by atoms with Crippen molar-refractivity contribution in [3.05, 3.63) is 28.2 Å². The van der Waals surface area contributed by atoms with Crippen molar-refractivity contribution in [3.8, 4) is 0 Å². The van der Waals surface area contributed by atoms with Crippen LogP contribution in [0.1, 0.15) is 33.3 Å². The highest BCUT2D eigenvalue weighted by Crippen LogP contribution is 2.23. The number of carboxylic acids is 1. The second kappa shape index (κ2) is 6.93. The van der Waals surface area contributed by atoms with E-state index in [0.29, 0.717) is 5.69 Å². The van der Waals surface area contributed by atoms with E-state index in [4.69, 9.17) is 5.11 Å². The normalized spacial score (nSPS) is 11.1. The van der Waals surface area contributed by atoms with Crippen LogP contribution >= 0.6 is 15.9 Å². The highest BCUT2D eigenvalue weighted by molar-refractivity contribution is 9.10. The van der Waals surface area contributed by atoms with Crippen LogP contribution in [-0.2, 0) is 11.2 Å². The quantitative estimate of drug-likeness (QED) is 0.863. The fraction of sp³-hybridized carbons (Fsp3) is 0.467. The number of benzene rings is 1. The summed E-state index contributed by atoms with van der Waals surface area (Å²) in [7, 11) is 0. The van der Waals surface area contributed by atoms with Gasteiger partial charge in [0.1, 0.15) is 6.54 Å². The van der Waals surface area contributed by atoms with E-state index in [-0.39, 0.29) is 6.54 Å². The summed E-state index contributed by atoms with van der Waals surface area (Å²) in [6.45, 7) is 7.07. The van der Waals surface area contributed by atoms with Gasteiger partial charge in [-0.25, -0.2) is 4.79 Å². The number of aryl methyl sites for hydroxylation is 1. The van der Waals surface area contributed by atoms with Gasteiger partial charge in [0.25, 0.3) is 0 Å². The number of amides is 2. The summed E-state index contributed by atoms with van der Waals surface area (Å²) < 4.78 is 0.940. The van der Waals surface area contributed by atoms with Crippen LogP contribution in [0.3, 0.4) is 0 Å². The number of urea groups is 1. The molecule has 0 aliphatic carbocycles. The summed E-state index contributed by atoms with van der Waals surface area (Å²) in [5.74, 6) is -1.04. The third-order valence-corrected chi connectivity index (χ3v) is 3.53. The molecule has 0 bridgehead atoms. The molecule has 0 unspecified atom stereocenters. The first-order valence-corrected chi connectivity index (χ1v) is 7.53. The van der Waals surface area contributed by atoms with E-state index in [9.17, 15) is 9.59 Å². The molecule has 0 heterocycles. The van der Waals surface area contributed by atoms with Crippen LogP contribution in [0.2, 0.25) is 0 Å². The fourth-order valence-corrected chi connectivity index (χ4v) is 2.32. The lowest BCUT2D eigenvalue weighted by molar-refractivity contribution is -0.138. The number of aliphatic carboxylic acids is 1. The van der Waals surface area contributed by atoms with Gasteiger partial charge in [0.05, 0.1) is 0 Å². The predicted octanol–water partition coefficient (Wildman–Crippen LogP) is 3.73. The summed E-state index contributed by atoms with van der Waals surface area (Å²) in [5, 5.41) is 11.8. The highest BCUT2D eigenvalue weighted by Gasteiger charge is 2.28. The Bertz CT molecular complexity index is 538. The maximum absolute atomic E-state index is 12.4. The Morgan fingerprint density at radius 3 is 2.43 bits per heavy atom. The molecule has 21 heavy (non-hydrogen) atoms. The molecule has 0 fully saturated rings. The van der Waals surface area contributed by atoms with Crippen LogP contribution in [0.4, 0.5) is 10.5 Å². The van der Waals surface area contributed by atoms with Gasteiger partial charge in [-0.3, -0.25) is 4.79 Å². The summed E-state index contributed by atoms with van der Waals surface area (Å²) in [5.41, 5.74) is 1.11. The predicted molar refractivity (Wildman–Crippen MR) is 86.6 cm³/mol. The van der Waals surface area contributed by atoms with Crippen molar-refractivity contribution in [2.24, 2.45) is 0 Å². The summed E-state index contributed by atoms with van der Waals surface area (Å²) in [6, 6.07) is 5.17. The van der Waals surface area contributed by atoms with Crippen molar-refractivity contribution in [2.45, 2.75) is 39.7 Å². The topological polar surface area (TPSA) is 69.6 Å². The Labute approximate surface area is 133 Å². The Balaban J connectivity index is 2.99. The molecule has 0 radical (unpaired) electrons.